The third-order valence-electron chi connectivity index (χ3n) is 4.33. The Balaban J connectivity index is 2.07. The standard InChI is InChI=1S/C12H21NO2/c1-8(12(14)15)9(2)13-10-4-3-5-11(13)7-6-10/h8-11H,3-7H2,1-2H3,(H,14,15). The Morgan fingerprint density at radius 1 is 1.20 bits per heavy atom. The van der Waals surface area contributed by atoms with E-state index >= 15 is 0 Å². The van der Waals surface area contributed by atoms with E-state index in [1.165, 1.54) is 32.1 Å². The molecule has 0 aromatic carbocycles. The zero-order chi connectivity index (χ0) is 11.0. The zero-order valence-electron chi connectivity index (χ0n) is 9.65. The maximum Gasteiger partial charge on any atom is 0.307 e. The molecule has 2 aliphatic heterocycles. The van der Waals surface area contributed by atoms with Crippen LogP contribution in [0, 0.1) is 5.92 Å². The van der Waals surface area contributed by atoms with Gasteiger partial charge in [0.1, 0.15) is 0 Å². The average Bonchev–Trinajstić information content (AvgIpc) is 2.46. The number of fused-ring (bicyclic) bond motifs is 2. The maximum absolute atomic E-state index is 11.0. The number of nitrogens with zero attached hydrogens (tertiary/aromatic N) is 1. The highest BCUT2D eigenvalue weighted by atomic mass is 16.4. The number of hydrogen-bond donors (Lipinski definition) is 1. The van der Waals surface area contributed by atoms with Crippen molar-refractivity contribution < 1.29 is 9.90 Å². The molecule has 0 amide bonds. The van der Waals surface area contributed by atoms with Crippen molar-refractivity contribution in [2.45, 2.75) is 64.1 Å². The first-order chi connectivity index (χ1) is 7.11. The summed E-state index contributed by atoms with van der Waals surface area (Å²) >= 11 is 0. The Labute approximate surface area is 91.5 Å². The fourth-order valence-corrected chi connectivity index (χ4v) is 3.29. The summed E-state index contributed by atoms with van der Waals surface area (Å²) in [7, 11) is 0. The molecule has 0 aromatic heterocycles. The molecule has 4 atom stereocenters. The van der Waals surface area contributed by atoms with Crippen LogP contribution >= 0.6 is 0 Å². The summed E-state index contributed by atoms with van der Waals surface area (Å²) < 4.78 is 0. The number of piperidine rings is 1. The Bertz CT molecular complexity index is 238. The Kier molecular flexibility index (Phi) is 3.01. The van der Waals surface area contributed by atoms with Crippen LogP contribution in [-0.2, 0) is 4.79 Å². The van der Waals surface area contributed by atoms with Crippen molar-refractivity contribution in [2.75, 3.05) is 0 Å². The largest absolute Gasteiger partial charge is 0.481 e. The van der Waals surface area contributed by atoms with Crippen molar-refractivity contribution in [3.63, 3.8) is 0 Å². The van der Waals surface area contributed by atoms with E-state index in [-0.39, 0.29) is 12.0 Å². The van der Waals surface area contributed by atoms with Crippen LogP contribution in [0.2, 0.25) is 0 Å². The third-order valence-corrected chi connectivity index (χ3v) is 4.33. The Morgan fingerprint density at radius 2 is 1.73 bits per heavy atom. The van der Waals surface area contributed by atoms with Crippen molar-refractivity contribution in [1.29, 1.82) is 0 Å². The molecule has 1 N–H and O–H groups in total. The van der Waals surface area contributed by atoms with Gasteiger partial charge in [0.05, 0.1) is 5.92 Å². The van der Waals surface area contributed by atoms with Crippen LogP contribution in [0.5, 0.6) is 0 Å². The molecule has 3 heteroatoms. The number of hydrogen-bond acceptors (Lipinski definition) is 2. The van der Waals surface area contributed by atoms with E-state index < -0.39 is 5.97 Å². The van der Waals surface area contributed by atoms with Crippen molar-refractivity contribution in [2.24, 2.45) is 5.92 Å². The lowest BCUT2D eigenvalue weighted by molar-refractivity contribution is -0.144. The van der Waals surface area contributed by atoms with Gasteiger partial charge in [0, 0.05) is 18.1 Å². The summed E-state index contributed by atoms with van der Waals surface area (Å²) in [6.45, 7) is 3.91. The Hall–Kier alpha value is -0.570. The normalized spacial score (nSPS) is 35.1. The lowest BCUT2D eigenvalue weighted by Crippen LogP contribution is -2.49. The molecule has 2 saturated heterocycles. The predicted molar refractivity (Wildman–Crippen MR) is 58.8 cm³/mol. The van der Waals surface area contributed by atoms with Crippen molar-refractivity contribution in [3.8, 4) is 0 Å². The highest BCUT2D eigenvalue weighted by molar-refractivity contribution is 5.70. The number of rotatable bonds is 3. The molecule has 4 unspecified atom stereocenters. The molecule has 0 spiro atoms. The lowest BCUT2D eigenvalue weighted by Gasteiger charge is -2.40. The summed E-state index contributed by atoms with van der Waals surface area (Å²) in [5.74, 6) is -0.904. The van der Waals surface area contributed by atoms with E-state index in [0.29, 0.717) is 12.1 Å². The van der Waals surface area contributed by atoms with Gasteiger partial charge in [0.2, 0.25) is 0 Å². The van der Waals surface area contributed by atoms with E-state index in [1.807, 2.05) is 6.92 Å². The molecule has 2 fully saturated rings. The van der Waals surface area contributed by atoms with Gasteiger partial charge in [-0.15, -0.1) is 0 Å². The summed E-state index contributed by atoms with van der Waals surface area (Å²) in [5.41, 5.74) is 0. The SMILES string of the molecule is CC(C(=O)O)C(C)N1C2CCCC1CC2. The van der Waals surface area contributed by atoms with E-state index in [1.54, 1.807) is 0 Å². The molecule has 0 saturated carbocycles. The van der Waals surface area contributed by atoms with Crippen LogP contribution in [0.4, 0.5) is 0 Å². The molecular weight excluding hydrogens is 190 g/mol. The van der Waals surface area contributed by atoms with Crippen LogP contribution in [0.1, 0.15) is 46.0 Å². The van der Waals surface area contributed by atoms with Gasteiger partial charge in [-0.3, -0.25) is 9.69 Å². The molecule has 0 radical (unpaired) electrons. The molecular formula is C12H21NO2. The molecule has 0 aromatic rings. The van der Waals surface area contributed by atoms with Crippen LogP contribution < -0.4 is 0 Å². The van der Waals surface area contributed by atoms with Crippen molar-refractivity contribution >= 4 is 5.97 Å². The van der Waals surface area contributed by atoms with Crippen LogP contribution in [-0.4, -0.2) is 34.1 Å². The molecule has 2 bridgehead atoms. The van der Waals surface area contributed by atoms with E-state index in [0.717, 1.165) is 0 Å². The molecule has 3 nitrogen and oxygen atoms in total. The monoisotopic (exact) mass is 211 g/mol. The number of carboxylic acid groups (broad SMARTS) is 1. The van der Waals surface area contributed by atoms with Gasteiger partial charge >= 0.3 is 5.97 Å². The van der Waals surface area contributed by atoms with Crippen molar-refractivity contribution in [1.82, 2.24) is 4.90 Å². The predicted octanol–water partition coefficient (Wildman–Crippen LogP) is 2.11. The molecule has 86 valence electrons. The van der Waals surface area contributed by atoms with Gasteiger partial charge in [-0.05, 0) is 32.6 Å². The van der Waals surface area contributed by atoms with Gasteiger partial charge < -0.3 is 5.11 Å². The first kappa shape index (κ1) is 10.9. The van der Waals surface area contributed by atoms with Crippen LogP contribution in [0.25, 0.3) is 0 Å². The van der Waals surface area contributed by atoms with Crippen LogP contribution in [0.15, 0.2) is 0 Å². The lowest BCUT2D eigenvalue weighted by atomic mass is 9.95. The van der Waals surface area contributed by atoms with Gasteiger partial charge in [-0.25, -0.2) is 0 Å². The molecule has 2 aliphatic rings. The maximum atomic E-state index is 11.0. The first-order valence-electron chi connectivity index (χ1n) is 6.11. The fourth-order valence-electron chi connectivity index (χ4n) is 3.29. The quantitative estimate of drug-likeness (QED) is 0.777. The molecule has 2 heterocycles. The summed E-state index contributed by atoms with van der Waals surface area (Å²) in [6, 6.07) is 1.53. The minimum atomic E-state index is -0.660. The third kappa shape index (κ3) is 1.89. The van der Waals surface area contributed by atoms with E-state index in [2.05, 4.69) is 11.8 Å². The minimum Gasteiger partial charge on any atom is -0.481 e. The number of carbonyl (C=O) groups is 1. The smallest absolute Gasteiger partial charge is 0.307 e. The topological polar surface area (TPSA) is 40.5 Å². The van der Waals surface area contributed by atoms with Crippen molar-refractivity contribution in [3.05, 3.63) is 0 Å². The van der Waals surface area contributed by atoms with E-state index in [4.69, 9.17) is 5.11 Å². The molecule has 2 rings (SSSR count). The van der Waals surface area contributed by atoms with Gasteiger partial charge in [0.15, 0.2) is 0 Å². The fraction of sp³-hybridized carbons (Fsp3) is 0.917. The highest BCUT2D eigenvalue weighted by Crippen LogP contribution is 2.38. The average molecular weight is 211 g/mol. The second-order valence-electron chi connectivity index (χ2n) is 5.13. The van der Waals surface area contributed by atoms with Gasteiger partial charge in [-0.2, -0.15) is 0 Å². The van der Waals surface area contributed by atoms with E-state index in [9.17, 15) is 4.79 Å². The summed E-state index contributed by atoms with van der Waals surface area (Å²) in [5, 5.41) is 9.05. The molecule has 0 aliphatic carbocycles. The highest BCUT2D eigenvalue weighted by Gasteiger charge is 2.41. The Morgan fingerprint density at radius 3 is 2.20 bits per heavy atom. The van der Waals surface area contributed by atoms with Gasteiger partial charge in [-0.1, -0.05) is 13.3 Å². The minimum absolute atomic E-state index is 0.195. The van der Waals surface area contributed by atoms with Gasteiger partial charge in [0.25, 0.3) is 0 Å². The first-order valence-corrected chi connectivity index (χ1v) is 6.11. The number of aliphatic carboxylic acids is 1. The second kappa shape index (κ2) is 4.12. The second-order valence-corrected chi connectivity index (χ2v) is 5.13. The zero-order valence-corrected chi connectivity index (χ0v) is 9.65. The number of carboxylic acids is 1. The summed E-state index contributed by atoms with van der Waals surface area (Å²) in [4.78, 5) is 13.5. The summed E-state index contributed by atoms with van der Waals surface area (Å²) in [6.07, 6.45) is 6.43. The molecule has 15 heavy (non-hydrogen) atoms. The van der Waals surface area contributed by atoms with Crippen LogP contribution in [0.3, 0.4) is 0 Å².